The van der Waals surface area contributed by atoms with Crippen molar-refractivity contribution in [3.05, 3.63) is 35.2 Å². The Morgan fingerprint density at radius 2 is 1.97 bits per heavy atom. The highest BCUT2D eigenvalue weighted by Gasteiger charge is 2.44. The lowest BCUT2D eigenvalue weighted by Gasteiger charge is -2.22. The van der Waals surface area contributed by atoms with E-state index >= 15 is 0 Å². The van der Waals surface area contributed by atoms with Gasteiger partial charge in [0.1, 0.15) is 6.04 Å². The summed E-state index contributed by atoms with van der Waals surface area (Å²) in [5, 5.41) is 10.1. The van der Waals surface area contributed by atoms with E-state index in [0.29, 0.717) is 5.95 Å². The van der Waals surface area contributed by atoms with Gasteiger partial charge in [0.15, 0.2) is 12.4 Å². The van der Waals surface area contributed by atoms with Crippen molar-refractivity contribution in [1.82, 2.24) is 19.3 Å². The van der Waals surface area contributed by atoms with Gasteiger partial charge in [-0.15, -0.1) is 0 Å². The fourth-order valence-corrected chi connectivity index (χ4v) is 4.91. The van der Waals surface area contributed by atoms with Crippen molar-refractivity contribution in [3.63, 3.8) is 0 Å². The average molecular weight is 451 g/mol. The van der Waals surface area contributed by atoms with Crippen LogP contribution in [0.2, 0.25) is 0 Å². The van der Waals surface area contributed by atoms with Gasteiger partial charge in [-0.05, 0) is 37.1 Å². The van der Waals surface area contributed by atoms with Crippen LogP contribution in [0.25, 0.3) is 0 Å². The zero-order valence-corrected chi connectivity index (χ0v) is 18.6. The first-order valence-corrected chi connectivity index (χ1v) is 11.0. The number of aliphatic hydroxyl groups excluding tert-OH is 1. The number of esters is 1. The molecule has 1 aliphatic rings. The van der Waals surface area contributed by atoms with Crippen molar-refractivity contribution in [3.8, 4) is 0 Å². The number of ether oxygens (including phenoxy) is 1. The summed E-state index contributed by atoms with van der Waals surface area (Å²) in [6, 6.07) is 3.58. The Morgan fingerprint density at radius 1 is 1.26 bits per heavy atom. The molecule has 168 valence electrons. The molecule has 1 aliphatic heterocycles. The van der Waals surface area contributed by atoms with Crippen molar-refractivity contribution < 1.29 is 23.1 Å². The van der Waals surface area contributed by atoms with Crippen LogP contribution in [-0.4, -0.2) is 71.5 Å². The van der Waals surface area contributed by atoms with Crippen LogP contribution in [0.1, 0.15) is 23.4 Å². The summed E-state index contributed by atoms with van der Waals surface area (Å²) in [5.74, 6) is -0.394. The third-order valence-corrected chi connectivity index (χ3v) is 6.89. The molecule has 2 atom stereocenters. The summed E-state index contributed by atoms with van der Waals surface area (Å²) in [6.07, 6.45) is -1.04. The SMILES string of the molecule is Cc1ccc(S(=O)(=O)N2C[C@@H](O)C[C@@H]2C(=O)OCc2nc(N)nc(N(C)C)n2)cc1C. The molecule has 3 N–H and O–H groups in total. The third-order valence-electron chi connectivity index (χ3n) is 5.02. The van der Waals surface area contributed by atoms with Crippen molar-refractivity contribution in [2.75, 3.05) is 31.3 Å². The van der Waals surface area contributed by atoms with Gasteiger partial charge in [-0.1, -0.05) is 6.07 Å². The number of nitrogen functional groups attached to an aromatic ring is 1. The van der Waals surface area contributed by atoms with E-state index < -0.39 is 28.1 Å². The number of anilines is 2. The van der Waals surface area contributed by atoms with Crippen LogP contribution < -0.4 is 10.6 Å². The zero-order chi connectivity index (χ0) is 22.9. The van der Waals surface area contributed by atoms with Gasteiger partial charge < -0.3 is 20.5 Å². The standard InChI is InChI=1S/C19H26N6O5S/c1-11-5-6-14(7-12(11)2)31(28,29)25-9-13(26)8-15(25)17(27)30-10-16-21-18(20)23-19(22-16)24(3)4/h5-7,13,15,26H,8-10H2,1-4H3,(H2,20,21,22,23)/t13-,15+/m0/s1. The Morgan fingerprint density at radius 3 is 2.61 bits per heavy atom. The molecule has 2 aromatic rings. The Bertz CT molecular complexity index is 1090. The number of nitrogens with two attached hydrogens (primary N) is 1. The highest BCUT2D eigenvalue weighted by Crippen LogP contribution is 2.28. The van der Waals surface area contributed by atoms with Gasteiger partial charge in [-0.2, -0.15) is 19.3 Å². The van der Waals surface area contributed by atoms with E-state index in [4.69, 9.17) is 10.5 Å². The molecule has 1 saturated heterocycles. The fraction of sp³-hybridized carbons (Fsp3) is 0.474. The molecular weight excluding hydrogens is 424 g/mol. The number of β-amino-alcohol motifs (C(OH)–C–C–N with tert-alkyl or cyclic N) is 1. The predicted molar refractivity (Wildman–Crippen MR) is 113 cm³/mol. The molecule has 0 saturated carbocycles. The molecule has 0 bridgehead atoms. The number of benzene rings is 1. The fourth-order valence-electron chi connectivity index (χ4n) is 3.20. The van der Waals surface area contributed by atoms with E-state index in [0.717, 1.165) is 15.4 Å². The summed E-state index contributed by atoms with van der Waals surface area (Å²) >= 11 is 0. The van der Waals surface area contributed by atoms with Gasteiger partial charge >= 0.3 is 5.97 Å². The lowest BCUT2D eigenvalue weighted by atomic mass is 10.1. The highest BCUT2D eigenvalue weighted by molar-refractivity contribution is 7.89. The second-order valence-electron chi connectivity index (χ2n) is 7.64. The molecule has 0 spiro atoms. The highest BCUT2D eigenvalue weighted by atomic mass is 32.2. The maximum atomic E-state index is 13.1. The van der Waals surface area contributed by atoms with Crippen LogP contribution in [-0.2, 0) is 26.2 Å². The van der Waals surface area contributed by atoms with E-state index in [2.05, 4.69) is 15.0 Å². The van der Waals surface area contributed by atoms with Gasteiger partial charge in [0.25, 0.3) is 0 Å². The largest absolute Gasteiger partial charge is 0.456 e. The Labute approximate surface area is 180 Å². The molecule has 11 nitrogen and oxygen atoms in total. The molecular formula is C19H26N6O5S. The number of carbonyl (C=O) groups is 1. The third kappa shape index (κ3) is 4.92. The summed E-state index contributed by atoms with van der Waals surface area (Å²) in [4.78, 5) is 26.4. The lowest BCUT2D eigenvalue weighted by molar-refractivity contribution is -0.149. The van der Waals surface area contributed by atoms with E-state index in [9.17, 15) is 18.3 Å². The van der Waals surface area contributed by atoms with Gasteiger partial charge in [-0.25, -0.2) is 8.42 Å². The minimum atomic E-state index is -4.01. The number of aryl methyl sites for hydroxylation is 2. The maximum Gasteiger partial charge on any atom is 0.325 e. The van der Waals surface area contributed by atoms with Crippen LogP contribution in [0, 0.1) is 13.8 Å². The normalized spacial score (nSPS) is 19.4. The molecule has 31 heavy (non-hydrogen) atoms. The number of nitrogens with zero attached hydrogens (tertiary/aromatic N) is 5. The predicted octanol–water partition coefficient (Wildman–Crippen LogP) is 0.00394. The Kier molecular flexibility index (Phi) is 6.43. The van der Waals surface area contributed by atoms with E-state index in [1.165, 1.54) is 6.07 Å². The average Bonchev–Trinajstić information content (AvgIpc) is 3.10. The number of hydrogen-bond donors (Lipinski definition) is 2. The Balaban J connectivity index is 1.79. The van der Waals surface area contributed by atoms with E-state index in [1.54, 1.807) is 38.1 Å². The minimum Gasteiger partial charge on any atom is -0.456 e. The molecule has 0 aliphatic carbocycles. The molecule has 0 radical (unpaired) electrons. The molecule has 12 heteroatoms. The second kappa shape index (κ2) is 8.73. The summed E-state index contributed by atoms with van der Waals surface area (Å²) in [6.45, 7) is 3.18. The zero-order valence-electron chi connectivity index (χ0n) is 17.8. The van der Waals surface area contributed by atoms with E-state index in [1.807, 2.05) is 6.92 Å². The maximum absolute atomic E-state index is 13.1. The Hall–Kier alpha value is -2.83. The number of aromatic nitrogens is 3. The van der Waals surface area contributed by atoms with Crippen LogP contribution in [0.5, 0.6) is 0 Å². The molecule has 1 aromatic heterocycles. The topological polar surface area (TPSA) is 152 Å². The molecule has 1 fully saturated rings. The summed E-state index contributed by atoms with van der Waals surface area (Å²) < 4.78 is 32.6. The quantitative estimate of drug-likeness (QED) is 0.575. The van der Waals surface area contributed by atoms with Gasteiger partial charge in [0, 0.05) is 27.1 Å². The molecule has 2 heterocycles. The van der Waals surface area contributed by atoms with Crippen molar-refractivity contribution in [2.45, 2.75) is 43.9 Å². The van der Waals surface area contributed by atoms with Gasteiger partial charge in [0.05, 0.1) is 11.0 Å². The monoisotopic (exact) mass is 450 g/mol. The van der Waals surface area contributed by atoms with E-state index in [-0.39, 0.29) is 36.2 Å². The number of rotatable bonds is 6. The molecule has 0 unspecified atom stereocenters. The number of hydrogen-bond acceptors (Lipinski definition) is 10. The van der Waals surface area contributed by atoms with Crippen LogP contribution in [0.4, 0.5) is 11.9 Å². The minimum absolute atomic E-state index is 0.0278. The molecule has 1 aromatic carbocycles. The summed E-state index contributed by atoms with van der Waals surface area (Å²) in [5.41, 5.74) is 7.42. The summed E-state index contributed by atoms with van der Waals surface area (Å²) in [7, 11) is -0.564. The first-order valence-electron chi connectivity index (χ1n) is 9.60. The van der Waals surface area contributed by atoms with Crippen molar-refractivity contribution >= 4 is 27.9 Å². The number of aliphatic hydroxyl groups is 1. The first kappa shape index (κ1) is 22.8. The van der Waals surface area contributed by atoms with Crippen molar-refractivity contribution in [1.29, 1.82) is 0 Å². The van der Waals surface area contributed by atoms with Gasteiger partial charge in [0.2, 0.25) is 21.9 Å². The smallest absolute Gasteiger partial charge is 0.325 e. The van der Waals surface area contributed by atoms with Crippen LogP contribution in [0.15, 0.2) is 23.1 Å². The van der Waals surface area contributed by atoms with Crippen molar-refractivity contribution in [2.24, 2.45) is 0 Å². The number of carbonyl (C=O) groups excluding carboxylic acids is 1. The van der Waals surface area contributed by atoms with Crippen LogP contribution >= 0.6 is 0 Å². The second-order valence-corrected chi connectivity index (χ2v) is 9.53. The molecule has 0 amide bonds. The van der Waals surface area contributed by atoms with Gasteiger partial charge in [-0.3, -0.25) is 4.79 Å². The van der Waals surface area contributed by atoms with Crippen LogP contribution in [0.3, 0.4) is 0 Å². The number of sulfonamides is 1. The lowest BCUT2D eigenvalue weighted by Crippen LogP contribution is -2.41. The first-order chi connectivity index (χ1) is 14.5. The molecule has 3 rings (SSSR count).